The molecule has 202 valence electrons. The molecule has 0 spiro atoms. The predicted molar refractivity (Wildman–Crippen MR) is 154 cm³/mol. The van der Waals surface area contributed by atoms with Crippen LogP contribution in [0, 0.1) is 5.82 Å². The average molecular weight is 547 g/mol. The minimum Gasteiger partial charge on any atom is -0.367 e. The smallest absolute Gasteiger partial charge is 0.151 e. The number of allylic oxidation sites excluding steroid dienone is 1. The Morgan fingerprint density at radius 3 is 2.85 bits per heavy atom. The summed E-state index contributed by atoms with van der Waals surface area (Å²) >= 11 is 6.14. The number of benzene rings is 1. The largest absolute Gasteiger partial charge is 0.367 e. The van der Waals surface area contributed by atoms with Gasteiger partial charge in [0.1, 0.15) is 5.82 Å². The highest BCUT2D eigenvalue weighted by molar-refractivity contribution is 6.35. The molecule has 3 aromatic rings. The third kappa shape index (κ3) is 5.73. The maximum Gasteiger partial charge on any atom is 0.151 e. The molecule has 1 N–H and O–H groups in total. The lowest BCUT2D eigenvalue weighted by atomic mass is 9.99. The van der Waals surface area contributed by atoms with E-state index < -0.39 is 0 Å². The zero-order valence-electron chi connectivity index (χ0n) is 21.9. The van der Waals surface area contributed by atoms with E-state index >= 15 is 0 Å². The van der Waals surface area contributed by atoms with Gasteiger partial charge in [0.05, 0.1) is 46.9 Å². The molecule has 0 aliphatic carbocycles. The van der Waals surface area contributed by atoms with E-state index in [1.54, 1.807) is 6.07 Å². The van der Waals surface area contributed by atoms with Crippen LogP contribution < -0.4 is 10.2 Å². The number of likely N-dealkylation sites (tertiary alicyclic amines) is 1. The highest BCUT2D eigenvalue weighted by Crippen LogP contribution is 2.29. The molecule has 1 atom stereocenters. The molecule has 2 aromatic heterocycles. The quantitative estimate of drug-likeness (QED) is 0.447. The number of pyridine rings is 2. The Kier molecular flexibility index (Phi) is 7.68. The Labute approximate surface area is 232 Å². The number of rotatable bonds is 8. The Balaban J connectivity index is 1.17. The highest BCUT2D eigenvalue weighted by Gasteiger charge is 2.26. The lowest BCUT2D eigenvalue weighted by Gasteiger charge is -2.34. The number of Topliss-reactive ketones (excluding diaryl/α,β-unsaturated/α-hetero) is 1. The lowest BCUT2D eigenvalue weighted by Crippen LogP contribution is -2.54. The fourth-order valence-corrected chi connectivity index (χ4v) is 5.89. The molecule has 0 unspecified atom stereocenters. The molecule has 2 fully saturated rings. The van der Waals surface area contributed by atoms with Crippen LogP contribution >= 0.6 is 11.6 Å². The van der Waals surface area contributed by atoms with E-state index in [0.717, 1.165) is 61.4 Å². The number of hydrogen-bond donors (Lipinski definition) is 1. The number of fused-ring (bicyclic) bond motifs is 1. The lowest BCUT2D eigenvalue weighted by molar-refractivity contribution is -0.121. The number of carbonyl (C=O) groups excluding carboxylic acids is 1. The van der Waals surface area contributed by atoms with Gasteiger partial charge >= 0.3 is 0 Å². The van der Waals surface area contributed by atoms with Crippen LogP contribution in [0.25, 0.3) is 16.6 Å². The van der Waals surface area contributed by atoms with Crippen LogP contribution in [-0.2, 0) is 4.79 Å². The van der Waals surface area contributed by atoms with E-state index in [2.05, 4.69) is 25.1 Å². The summed E-state index contributed by atoms with van der Waals surface area (Å²) in [6.45, 7) is 5.95. The van der Waals surface area contributed by atoms with Gasteiger partial charge in [0.2, 0.25) is 0 Å². The summed E-state index contributed by atoms with van der Waals surface area (Å²) in [7, 11) is 0. The second-order valence-corrected chi connectivity index (χ2v) is 10.9. The summed E-state index contributed by atoms with van der Waals surface area (Å²) in [5.41, 5.74) is 4.89. The first kappa shape index (κ1) is 26.0. The predicted octanol–water partition coefficient (Wildman–Crippen LogP) is 4.53. The van der Waals surface area contributed by atoms with Gasteiger partial charge in [0, 0.05) is 42.2 Å². The number of halogens is 2. The second kappa shape index (κ2) is 11.5. The van der Waals surface area contributed by atoms with Gasteiger partial charge in [-0.1, -0.05) is 17.7 Å². The van der Waals surface area contributed by atoms with Crippen LogP contribution in [0.3, 0.4) is 0 Å². The highest BCUT2D eigenvalue weighted by atomic mass is 35.5. The standard InChI is InChI=1S/C30H32ClFN6O/c31-20-5-6-24(32)23(16-20)30-22(9-10-34-30)25-7-8-26-27(36-25)17-21(18-35-26)38-15-11-33-28(19-38)29(39)4-3-14-37-12-1-2-13-37/h5-9,16-18,28,33H,1-4,10-15,19H2/t28-/m1/s1. The number of nitrogens with zero attached hydrogens (tertiary/aromatic N) is 5. The number of aliphatic imine (C=N–C) groups is 1. The van der Waals surface area contributed by atoms with Crippen LogP contribution in [-0.4, -0.2) is 78.2 Å². The topological polar surface area (TPSA) is 73.7 Å². The molecule has 3 aliphatic heterocycles. The van der Waals surface area contributed by atoms with Crippen LogP contribution in [0.5, 0.6) is 0 Å². The third-order valence-electron chi connectivity index (χ3n) is 7.81. The van der Waals surface area contributed by atoms with E-state index in [9.17, 15) is 9.18 Å². The number of piperazine rings is 1. The maximum absolute atomic E-state index is 14.6. The second-order valence-electron chi connectivity index (χ2n) is 10.4. The van der Waals surface area contributed by atoms with Crippen molar-refractivity contribution < 1.29 is 9.18 Å². The van der Waals surface area contributed by atoms with E-state index in [0.29, 0.717) is 41.5 Å². The summed E-state index contributed by atoms with van der Waals surface area (Å²) in [5, 5.41) is 3.87. The van der Waals surface area contributed by atoms with Gasteiger partial charge in [0.25, 0.3) is 0 Å². The number of nitrogens with one attached hydrogen (secondary N) is 1. The summed E-state index contributed by atoms with van der Waals surface area (Å²) in [6.07, 6.45) is 7.88. The average Bonchev–Trinajstić information content (AvgIpc) is 3.66. The molecule has 6 rings (SSSR count). The van der Waals surface area contributed by atoms with Crippen LogP contribution in [0.2, 0.25) is 5.02 Å². The van der Waals surface area contributed by atoms with Crippen molar-refractivity contribution in [2.24, 2.45) is 4.99 Å². The zero-order chi connectivity index (χ0) is 26.8. The van der Waals surface area contributed by atoms with E-state index in [1.807, 2.05) is 30.5 Å². The molecule has 0 bridgehead atoms. The van der Waals surface area contributed by atoms with Crippen molar-refractivity contribution in [2.45, 2.75) is 31.7 Å². The molecule has 3 aliphatic rings. The van der Waals surface area contributed by atoms with E-state index in [1.165, 1.54) is 25.0 Å². The van der Waals surface area contributed by atoms with Gasteiger partial charge in [0.15, 0.2) is 5.78 Å². The maximum atomic E-state index is 14.6. The molecule has 0 saturated carbocycles. The normalized spacial score (nSPS) is 19.9. The van der Waals surface area contributed by atoms with Gasteiger partial charge < -0.3 is 15.1 Å². The van der Waals surface area contributed by atoms with Crippen molar-refractivity contribution in [3.8, 4) is 0 Å². The van der Waals surface area contributed by atoms with Crippen molar-refractivity contribution in [1.82, 2.24) is 20.2 Å². The van der Waals surface area contributed by atoms with Crippen molar-refractivity contribution in [2.75, 3.05) is 50.7 Å². The Hall–Kier alpha value is -3.20. The monoisotopic (exact) mass is 546 g/mol. The summed E-state index contributed by atoms with van der Waals surface area (Å²) in [6, 6.07) is 10.2. The fraction of sp³-hybridized carbons (Fsp3) is 0.400. The first-order valence-corrected chi connectivity index (χ1v) is 14.1. The van der Waals surface area contributed by atoms with Gasteiger partial charge in [-0.2, -0.15) is 0 Å². The van der Waals surface area contributed by atoms with E-state index in [4.69, 9.17) is 16.6 Å². The zero-order valence-corrected chi connectivity index (χ0v) is 22.6. The number of hydrogen-bond acceptors (Lipinski definition) is 7. The molecule has 2 saturated heterocycles. The molecule has 0 amide bonds. The minimum atomic E-state index is -0.366. The SMILES string of the molecule is O=C(CCCN1CCCC1)[C@H]1CN(c2cnc3ccc(C4=CCN=C4c4cc(Cl)ccc4F)nc3c2)CCN1. The van der Waals surface area contributed by atoms with Gasteiger partial charge in [-0.15, -0.1) is 0 Å². The summed E-state index contributed by atoms with van der Waals surface area (Å²) < 4.78 is 14.6. The molecule has 0 radical (unpaired) electrons. The Bertz CT molecular complexity index is 1450. The molecular weight excluding hydrogens is 515 g/mol. The van der Waals surface area contributed by atoms with Crippen LogP contribution in [0.4, 0.5) is 10.1 Å². The molecule has 5 heterocycles. The van der Waals surface area contributed by atoms with Crippen molar-refractivity contribution in [1.29, 1.82) is 0 Å². The van der Waals surface area contributed by atoms with Gasteiger partial charge in [-0.3, -0.25) is 14.8 Å². The molecule has 1 aromatic carbocycles. The van der Waals surface area contributed by atoms with Gasteiger partial charge in [-0.05, 0) is 75.3 Å². The fourth-order valence-electron chi connectivity index (χ4n) is 5.72. The molecule has 39 heavy (non-hydrogen) atoms. The summed E-state index contributed by atoms with van der Waals surface area (Å²) in [5.74, 6) is -0.0872. The number of anilines is 1. The third-order valence-corrected chi connectivity index (χ3v) is 8.04. The van der Waals surface area contributed by atoms with Crippen LogP contribution in [0.1, 0.15) is 36.9 Å². The first-order valence-electron chi connectivity index (χ1n) is 13.8. The van der Waals surface area contributed by atoms with Crippen molar-refractivity contribution in [3.05, 3.63) is 70.8 Å². The van der Waals surface area contributed by atoms with Crippen LogP contribution in [0.15, 0.2) is 53.7 Å². The van der Waals surface area contributed by atoms with E-state index in [-0.39, 0.29) is 17.6 Å². The molecule has 7 nitrogen and oxygen atoms in total. The first-order chi connectivity index (χ1) is 19.0. The van der Waals surface area contributed by atoms with Crippen molar-refractivity contribution in [3.63, 3.8) is 0 Å². The Morgan fingerprint density at radius 1 is 1.10 bits per heavy atom. The number of aromatic nitrogens is 2. The van der Waals surface area contributed by atoms with Gasteiger partial charge in [-0.25, -0.2) is 9.37 Å². The van der Waals surface area contributed by atoms with Crippen molar-refractivity contribution >= 4 is 45.4 Å². The summed E-state index contributed by atoms with van der Waals surface area (Å²) in [4.78, 5) is 31.7. The molecule has 9 heteroatoms. The minimum absolute atomic E-state index is 0.178. The molecular formula is C30H32ClFN6O. The Morgan fingerprint density at radius 2 is 1.97 bits per heavy atom. The number of carbonyl (C=O) groups is 1. The number of ketones is 1.